The number of amides is 1. The summed E-state index contributed by atoms with van der Waals surface area (Å²) in [5, 5.41) is 9.45. The van der Waals surface area contributed by atoms with Gasteiger partial charge in [0.1, 0.15) is 11.5 Å². The maximum Gasteiger partial charge on any atom is 0.408 e. The molecule has 8 nitrogen and oxygen atoms in total. The average molecular weight is 472 g/mol. The third-order valence-corrected chi connectivity index (χ3v) is 6.00. The number of anilines is 1. The molecule has 0 bridgehead atoms. The van der Waals surface area contributed by atoms with Gasteiger partial charge in [-0.3, -0.25) is 14.5 Å². The molecule has 0 spiro atoms. The van der Waals surface area contributed by atoms with Crippen molar-refractivity contribution in [1.82, 2.24) is 9.80 Å². The Morgan fingerprint density at radius 3 is 2.21 bits per heavy atom. The minimum Gasteiger partial charge on any atom is -0.465 e. The fourth-order valence-electron chi connectivity index (χ4n) is 3.77. The molecule has 2 aromatic rings. The van der Waals surface area contributed by atoms with E-state index in [0.29, 0.717) is 17.2 Å². The van der Waals surface area contributed by atoms with Crippen LogP contribution in [0.3, 0.4) is 0 Å². The van der Waals surface area contributed by atoms with Gasteiger partial charge < -0.3 is 9.84 Å². The summed E-state index contributed by atoms with van der Waals surface area (Å²) < 4.78 is 30.8. The Morgan fingerprint density at radius 1 is 1.12 bits per heavy atom. The minimum absolute atomic E-state index is 0.00870. The Labute approximate surface area is 195 Å². The number of rotatable bonds is 8. The lowest BCUT2D eigenvalue weighted by molar-refractivity contribution is 0.0961. The summed E-state index contributed by atoms with van der Waals surface area (Å²) in [6.45, 7) is 4.43. The third kappa shape index (κ3) is 7.70. The van der Waals surface area contributed by atoms with Crippen LogP contribution < -0.4 is 9.46 Å². The molecule has 3 rings (SSSR count). The SMILES string of the molecule is CC#CCN(C(=O)O)C1CCN(Cc2ccc(Oc3ccc(NS(C)(=O)=O)cc3)cc2)CC1. The highest BCUT2D eigenvalue weighted by molar-refractivity contribution is 7.92. The van der Waals surface area contributed by atoms with Crippen molar-refractivity contribution in [2.75, 3.05) is 30.6 Å². The standard InChI is InChI=1S/C24H29N3O5S/c1-3-4-15-27(24(28)29)21-13-16-26(17-14-21)18-19-5-9-22(10-6-19)32-23-11-7-20(8-12-23)25-33(2,30)31/h5-12,21,25H,13-18H2,1-2H3,(H,28,29). The van der Waals surface area contributed by atoms with Crippen LogP contribution in [0.4, 0.5) is 10.5 Å². The number of piperidine rings is 1. The van der Waals surface area contributed by atoms with Gasteiger partial charge in [0, 0.05) is 31.4 Å². The van der Waals surface area contributed by atoms with Crippen LogP contribution in [0.1, 0.15) is 25.3 Å². The fraction of sp³-hybridized carbons (Fsp3) is 0.375. The summed E-state index contributed by atoms with van der Waals surface area (Å²) >= 11 is 0. The lowest BCUT2D eigenvalue weighted by Gasteiger charge is -2.36. The van der Waals surface area contributed by atoms with E-state index in [1.54, 1.807) is 31.2 Å². The molecule has 1 heterocycles. The maximum absolute atomic E-state index is 11.5. The van der Waals surface area contributed by atoms with Gasteiger partial charge in [-0.2, -0.15) is 0 Å². The average Bonchev–Trinajstić information content (AvgIpc) is 2.77. The second-order valence-corrected chi connectivity index (χ2v) is 9.74. The number of nitrogens with zero attached hydrogens (tertiary/aromatic N) is 2. The molecule has 1 amide bonds. The van der Waals surface area contributed by atoms with E-state index in [9.17, 15) is 18.3 Å². The summed E-state index contributed by atoms with van der Waals surface area (Å²) in [4.78, 5) is 15.3. The van der Waals surface area contributed by atoms with Gasteiger partial charge in [0.25, 0.3) is 0 Å². The fourth-order valence-corrected chi connectivity index (χ4v) is 4.33. The van der Waals surface area contributed by atoms with Crippen molar-refractivity contribution in [3.63, 3.8) is 0 Å². The molecule has 0 aliphatic carbocycles. The molecule has 2 aromatic carbocycles. The molecule has 1 aliphatic rings. The molecule has 0 saturated carbocycles. The maximum atomic E-state index is 11.5. The highest BCUT2D eigenvalue weighted by Crippen LogP contribution is 2.25. The van der Waals surface area contributed by atoms with E-state index >= 15 is 0 Å². The topological polar surface area (TPSA) is 99.2 Å². The number of benzene rings is 2. The summed E-state index contributed by atoms with van der Waals surface area (Å²) in [7, 11) is -3.31. The van der Waals surface area contributed by atoms with E-state index in [2.05, 4.69) is 21.5 Å². The predicted molar refractivity (Wildman–Crippen MR) is 128 cm³/mol. The molecule has 1 saturated heterocycles. The second kappa shape index (κ2) is 11.1. The number of carboxylic acid groups (broad SMARTS) is 1. The Hall–Kier alpha value is -3.22. The first-order valence-corrected chi connectivity index (χ1v) is 12.6. The molecule has 0 aromatic heterocycles. The number of ether oxygens (including phenoxy) is 1. The first-order valence-electron chi connectivity index (χ1n) is 10.7. The zero-order chi connectivity index (χ0) is 23.8. The van der Waals surface area contributed by atoms with Gasteiger partial charge in [-0.15, -0.1) is 5.92 Å². The number of hydrogen-bond donors (Lipinski definition) is 2. The van der Waals surface area contributed by atoms with Crippen LogP contribution in [0.2, 0.25) is 0 Å². The molecule has 33 heavy (non-hydrogen) atoms. The Morgan fingerprint density at radius 2 is 1.70 bits per heavy atom. The highest BCUT2D eigenvalue weighted by atomic mass is 32.2. The molecule has 1 aliphatic heterocycles. The van der Waals surface area contributed by atoms with Crippen molar-refractivity contribution in [1.29, 1.82) is 0 Å². The van der Waals surface area contributed by atoms with Crippen molar-refractivity contribution in [3.05, 3.63) is 54.1 Å². The van der Waals surface area contributed by atoms with E-state index in [1.807, 2.05) is 24.3 Å². The van der Waals surface area contributed by atoms with Gasteiger partial charge in [0.15, 0.2) is 0 Å². The molecule has 9 heteroatoms. The highest BCUT2D eigenvalue weighted by Gasteiger charge is 2.27. The summed E-state index contributed by atoms with van der Waals surface area (Å²) in [5.74, 6) is 6.92. The zero-order valence-corrected chi connectivity index (χ0v) is 19.6. The quantitative estimate of drug-likeness (QED) is 0.568. The summed E-state index contributed by atoms with van der Waals surface area (Å²) in [6, 6.07) is 14.6. The third-order valence-electron chi connectivity index (χ3n) is 5.39. The van der Waals surface area contributed by atoms with Gasteiger partial charge in [-0.05, 0) is 61.7 Å². The van der Waals surface area contributed by atoms with Crippen molar-refractivity contribution < 1.29 is 23.1 Å². The number of likely N-dealkylation sites (tertiary alicyclic amines) is 1. The largest absolute Gasteiger partial charge is 0.465 e. The van der Waals surface area contributed by atoms with Crippen LogP contribution in [0.25, 0.3) is 0 Å². The van der Waals surface area contributed by atoms with E-state index in [4.69, 9.17) is 4.74 Å². The van der Waals surface area contributed by atoms with Gasteiger partial charge in [0.2, 0.25) is 10.0 Å². The number of sulfonamides is 1. The number of carbonyl (C=O) groups is 1. The van der Waals surface area contributed by atoms with Gasteiger partial charge in [0.05, 0.1) is 12.8 Å². The Balaban J connectivity index is 1.50. The number of nitrogens with one attached hydrogen (secondary N) is 1. The molecule has 176 valence electrons. The van der Waals surface area contributed by atoms with Crippen LogP contribution in [-0.2, 0) is 16.6 Å². The molecular weight excluding hydrogens is 442 g/mol. The minimum atomic E-state index is -3.31. The van der Waals surface area contributed by atoms with Gasteiger partial charge >= 0.3 is 6.09 Å². The summed E-state index contributed by atoms with van der Waals surface area (Å²) in [6.07, 6.45) is 1.79. The van der Waals surface area contributed by atoms with Crippen molar-refractivity contribution in [2.24, 2.45) is 0 Å². The van der Waals surface area contributed by atoms with Crippen LogP contribution in [0.15, 0.2) is 48.5 Å². The molecule has 0 atom stereocenters. The normalized spacial score (nSPS) is 14.7. The molecule has 0 unspecified atom stereocenters. The van der Waals surface area contributed by atoms with Gasteiger partial charge in [-0.1, -0.05) is 18.1 Å². The molecule has 1 fully saturated rings. The van der Waals surface area contributed by atoms with Gasteiger partial charge in [-0.25, -0.2) is 13.2 Å². The smallest absolute Gasteiger partial charge is 0.408 e. The van der Waals surface area contributed by atoms with Crippen LogP contribution in [0, 0.1) is 11.8 Å². The van der Waals surface area contributed by atoms with Crippen molar-refractivity contribution >= 4 is 21.8 Å². The predicted octanol–water partition coefficient (Wildman–Crippen LogP) is 3.82. The van der Waals surface area contributed by atoms with E-state index in [0.717, 1.165) is 44.3 Å². The first kappa shape index (κ1) is 24.4. The van der Waals surface area contributed by atoms with Crippen LogP contribution >= 0.6 is 0 Å². The first-order chi connectivity index (χ1) is 15.7. The van der Waals surface area contributed by atoms with Crippen LogP contribution in [-0.4, -0.2) is 61.3 Å². The zero-order valence-electron chi connectivity index (χ0n) is 18.8. The van der Waals surface area contributed by atoms with Crippen molar-refractivity contribution in [2.45, 2.75) is 32.4 Å². The molecule has 2 N–H and O–H groups in total. The lowest BCUT2D eigenvalue weighted by atomic mass is 10.0. The van der Waals surface area contributed by atoms with Crippen LogP contribution in [0.5, 0.6) is 11.5 Å². The van der Waals surface area contributed by atoms with Crippen molar-refractivity contribution in [3.8, 4) is 23.3 Å². The monoisotopic (exact) mass is 471 g/mol. The number of hydrogen-bond acceptors (Lipinski definition) is 5. The second-order valence-electron chi connectivity index (χ2n) is 7.99. The van der Waals surface area contributed by atoms with E-state index < -0.39 is 16.1 Å². The lowest BCUT2D eigenvalue weighted by Crippen LogP contribution is -2.46. The summed E-state index contributed by atoms with van der Waals surface area (Å²) in [5.41, 5.74) is 1.63. The Kier molecular flexibility index (Phi) is 8.20. The van der Waals surface area contributed by atoms with E-state index in [-0.39, 0.29) is 12.6 Å². The molecule has 0 radical (unpaired) electrons. The van der Waals surface area contributed by atoms with E-state index in [1.165, 1.54) is 4.90 Å². The Bertz CT molecular complexity index is 1100. The molecular formula is C24H29N3O5S.